The van der Waals surface area contributed by atoms with Gasteiger partial charge in [-0.1, -0.05) is 26.2 Å². The Morgan fingerprint density at radius 1 is 1.29 bits per heavy atom. The van der Waals surface area contributed by atoms with Gasteiger partial charge in [-0.15, -0.1) is 6.42 Å². The van der Waals surface area contributed by atoms with Crippen LogP contribution in [0.3, 0.4) is 0 Å². The zero-order chi connectivity index (χ0) is 10.9. The molecular weight excluding hydrogens is 348 g/mol. The molecule has 0 aliphatic carbocycles. The van der Waals surface area contributed by atoms with Crippen molar-refractivity contribution in [3.8, 4) is 0 Å². The van der Waals surface area contributed by atoms with E-state index in [1.54, 1.807) is 0 Å². The maximum absolute atomic E-state index is 10.2. The molecule has 0 saturated carbocycles. The topological polar surface area (TPSA) is 26.3 Å². The molecule has 0 bridgehead atoms. The number of hydrogen-bond donors (Lipinski definition) is 0. The van der Waals surface area contributed by atoms with E-state index >= 15 is 0 Å². The van der Waals surface area contributed by atoms with Crippen LogP contribution < -0.4 is 0 Å². The molecule has 0 fully saturated rings. The summed E-state index contributed by atoms with van der Waals surface area (Å²) >= 11 is 0. The van der Waals surface area contributed by atoms with Crippen molar-refractivity contribution in [1.82, 2.24) is 0 Å². The molecular formula is C11H22O2W. The first-order valence-corrected chi connectivity index (χ1v) is 4.46. The molecule has 0 unspecified atom stereocenters. The van der Waals surface area contributed by atoms with E-state index in [-0.39, 0.29) is 33.5 Å². The molecule has 0 aromatic heterocycles. The van der Waals surface area contributed by atoms with Crippen molar-refractivity contribution in [2.45, 2.75) is 33.6 Å². The molecule has 0 saturated heterocycles. The summed E-state index contributed by atoms with van der Waals surface area (Å²) in [5.74, 6) is 0.0440. The standard InChI is InChI=1S/C6H13.C5H9O2.W/c1-5-6(2,3)4;1-3-5(6)4-7-2;/h1,5H2,2-4H3;1,3-4H2,2H3;/q2*-1;+2. The van der Waals surface area contributed by atoms with Crippen LogP contribution in [0.1, 0.15) is 33.6 Å². The minimum atomic E-state index is 0. The van der Waals surface area contributed by atoms with Gasteiger partial charge >= 0.3 is 21.1 Å². The SMILES string of the molecule is [CH2-]CC(=O)COC.[CH2-]CC(C)(C)C.[W+2]. The molecule has 0 aromatic rings. The fourth-order valence-corrected chi connectivity index (χ4v) is 0.233. The molecule has 0 heterocycles. The average molecular weight is 370 g/mol. The molecule has 14 heavy (non-hydrogen) atoms. The number of Topliss-reactive ketones (excluding diaryl/α,β-unsaturated/α-hetero) is 1. The summed E-state index contributed by atoms with van der Waals surface area (Å²) in [5.41, 5.74) is 0.431. The molecule has 0 aromatic carbocycles. The van der Waals surface area contributed by atoms with Crippen molar-refractivity contribution in [3.05, 3.63) is 13.8 Å². The second-order valence-electron chi connectivity index (χ2n) is 4.03. The minimum Gasteiger partial charge on any atom is -0.377 e. The molecule has 0 rings (SSSR count). The van der Waals surface area contributed by atoms with Crippen molar-refractivity contribution < 1.29 is 30.6 Å². The van der Waals surface area contributed by atoms with Crippen LogP contribution in [0.25, 0.3) is 0 Å². The molecule has 84 valence electrons. The third kappa shape index (κ3) is 22.8. The van der Waals surface area contributed by atoms with Gasteiger partial charge in [-0.05, 0) is 0 Å². The van der Waals surface area contributed by atoms with Crippen LogP contribution in [0.5, 0.6) is 0 Å². The molecule has 0 N–H and O–H groups in total. The van der Waals surface area contributed by atoms with Gasteiger partial charge in [-0.3, -0.25) is 0 Å². The second kappa shape index (κ2) is 11.4. The Morgan fingerprint density at radius 2 is 1.64 bits per heavy atom. The zero-order valence-electron chi connectivity index (χ0n) is 9.76. The van der Waals surface area contributed by atoms with Crippen molar-refractivity contribution in [3.63, 3.8) is 0 Å². The summed E-state index contributed by atoms with van der Waals surface area (Å²) in [5, 5.41) is 0. The molecule has 0 spiro atoms. The number of ether oxygens (including phenoxy) is 1. The first kappa shape index (κ1) is 19.8. The zero-order valence-corrected chi connectivity index (χ0v) is 12.7. The Hall–Kier alpha value is 0.318. The number of carbonyl (C=O) groups is 1. The Kier molecular flexibility index (Phi) is 16.1. The van der Waals surface area contributed by atoms with Crippen molar-refractivity contribution in [2.24, 2.45) is 5.41 Å². The summed E-state index contributed by atoms with van der Waals surface area (Å²) in [4.78, 5) is 10.2. The van der Waals surface area contributed by atoms with Crippen LogP contribution in [0, 0.1) is 19.3 Å². The molecule has 0 aliphatic heterocycles. The maximum Gasteiger partial charge on any atom is 2.00 e. The predicted octanol–water partition coefficient (Wildman–Crippen LogP) is 2.68. The first-order chi connectivity index (χ1) is 5.87. The Labute approximate surface area is 103 Å². The van der Waals surface area contributed by atoms with Crippen LogP contribution in [0.2, 0.25) is 0 Å². The molecule has 2 nitrogen and oxygen atoms in total. The smallest absolute Gasteiger partial charge is 0.377 e. The fourth-order valence-electron chi connectivity index (χ4n) is 0.233. The van der Waals surface area contributed by atoms with Crippen molar-refractivity contribution in [1.29, 1.82) is 0 Å². The molecule has 3 heteroatoms. The Balaban J connectivity index is -0.000000163. The van der Waals surface area contributed by atoms with Crippen LogP contribution in [-0.4, -0.2) is 19.5 Å². The predicted molar refractivity (Wildman–Crippen MR) is 56.3 cm³/mol. The van der Waals surface area contributed by atoms with E-state index in [1.165, 1.54) is 7.11 Å². The molecule has 0 atom stereocenters. The van der Waals surface area contributed by atoms with Gasteiger partial charge in [0.1, 0.15) is 12.4 Å². The second-order valence-corrected chi connectivity index (χ2v) is 4.03. The van der Waals surface area contributed by atoms with E-state index < -0.39 is 0 Å². The number of methoxy groups -OCH3 is 1. The van der Waals surface area contributed by atoms with E-state index in [9.17, 15) is 4.79 Å². The summed E-state index contributed by atoms with van der Waals surface area (Å²) in [6, 6.07) is 0. The summed E-state index contributed by atoms with van der Waals surface area (Å²) in [6.45, 7) is 13.9. The first-order valence-electron chi connectivity index (χ1n) is 4.46. The molecule has 0 aliphatic rings. The van der Waals surface area contributed by atoms with Gasteiger partial charge in [0.25, 0.3) is 0 Å². The monoisotopic (exact) mass is 370 g/mol. The summed E-state index contributed by atoms with van der Waals surface area (Å²) < 4.78 is 4.50. The number of hydrogen-bond acceptors (Lipinski definition) is 2. The van der Waals surface area contributed by atoms with Gasteiger partial charge in [0.15, 0.2) is 0 Å². The van der Waals surface area contributed by atoms with Gasteiger partial charge in [0, 0.05) is 7.11 Å². The quantitative estimate of drug-likeness (QED) is 0.715. The van der Waals surface area contributed by atoms with E-state index in [0.717, 1.165) is 6.42 Å². The van der Waals surface area contributed by atoms with Gasteiger partial charge < -0.3 is 23.4 Å². The van der Waals surface area contributed by atoms with Crippen molar-refractivity contribution in [2.75, 3.05) is 13.7 Å². The van der Waals surface area contributed by atoms with Gasteiger partial charge in [0.05, 0.1) is 0 Å². The van der Waals surface area contributed by atoms with E-state index in [4.69, 9.17) is 0 Å². The number of rotatable bonds is 3. The maximum atomic E-state index is 10.2. The van der Waals surface area contributed by atoms with Crippen LogP contribution in [0.15, 0.2) is 0 Å². The van der Waals surface area contributed by atoms with E-state index in [1.807, 2.05) is 0 Å². The van der Waals surface area contributed by atoms with E-state index in [0.29, 0.717) is 11.8 Å². The molecule has 0 amide bonds. The average Bonchev–Trinajstić information content (AvgIpc) is 2.05. The van der Waals surface area contributed by atoms with Crippen LogP contribution in [0.4, 0.5) is 0 Å². The van der Waals surface area contributed by atoms with Crippen LogP contribution >= 0.6 is 0 Å². The summed E-state index contributed by atoms with van der Waals surface area (Å²) in [6.07, 6.45) is 1.35. The van der Waals surface area contributed by atoms with Gasteiger partial charge in [0.2, 0.25) is 0 Å². The van der Waals surface area contributed by atoms with Gasteiger partial charge in [-0.25, -0.2) is 0 Å². The molecule has 0 radical (unpaired) electrons. The normalized spacial score (nSPS) is 9.57. The summed E-state index contributed by atoms with van der Waals surface area (Å²) in [7, 11) is 1.49. The number of carbonyl (C=O) groups excluding carboxylic acids is 1. The minimum absolute atomic E-state index is 0. The van der Waals surface area contributed by atoms with Gasteiger partial charge in [-0.2, -0.15) is 6.42 Å². The van der Waals surface area contributed by atoms with E-state index in [2.05, 4.69) is 39.4 Å². The fraction of sp³-hybridized carbons (Fsp3) is 0.727. The Bertz CT molecular complexity index is 128. The number of ketones is 1. The third-order valence-corrected chi connectivity index (χ3v) is 1.33. The Morgan fingerprint density at radius 3 is 1.71 bits per heavy atom. The largest absolute Gasteiger partial charge is 2.00 e. The van der Waals surface area contributed by atoms with Crippen molar-refractivity contribution >= 4 is 5.78 Å². The van der Waals surface area contributed by atoms with Crippen LogP contribution in [-0.2, 0) is 30.6 Å². The third-order valence-electron chi connectivity index (χ3n) is 1.33.